The first-order valence-electron chi connectivity index (χ1n) is 7.79. The van der Waals surface area contributed by atoms with Gasteiger partial charge in [-0.2, -0.15) is 18.4 Å². The maximum absolute atomic E-state index is 13.0. The van der Waals surface area contributed by atoms with E-state index < -0.39 is 17.7 Å². The topological polar surface area (TPSA) is 42.3 Å². The van der Waals surface area contributed by atoms with Gasteiger partial charge >= 0.3 is 6.18 Å². The Balaban J connectivity index is 2.02. The first-order chi connectivity index (χ1) is 11.0. The Labute approximate surface area is 133 Å². The number of nitrogens with one attached hydrogen (secondary N) is 1. The van der Waals surface area contributed by atoms with Crippen LogP contribution in [0.25, 0.3) is 0 Å². The number of hydrogen-bond donors (Lipinski definition) is 1. The highest BCUT2D eigenvalue weighted by molar-refractivity contribution is 5.65. The van der Waals surface area contributed by atoms with Gasteiger partial charge in [0.05, 0.1) is 11.6 Å². The fourth-order valence-corrected chi connectivity index (χ4v) is 3.56. The second kappa shape index (κ2) is 6.02. The van der Waals surface area contributed by atoms with E-state index in [-0.39, 0.29) is 6.17 Å². The molecule has 2 heterocycles. The molecule has 3 rings (SSSR count). The average Bonchev–Trinajstić information content (AvgIpc) is 2.87. The van der Waals surface area contributed by atoms with Crippen molar-refractivity contribution in [2.75, 3.05) is 37.6 Å². The summed E-state index contributed by atoms with van der Waals surface area (Å²) in [5.41, 5.74) is 0.579. The van der Waals surface area contributed by atoms with Crippen LogP contribution in [-0.2, 0) is 6.18 Å². The van der Waals surface area contributed by atoms with E-state index in [1.807, 2.05) is 11.8 Å². The van der Waals surface area contributed by atoms with Crippen molar-refractivity contribution in [2.24, 2.45) is 0 Å². The van der Waals surface area contributed by atoms with Crippen molar-refractivity contribution in [3.05, 3.63) is 29.3 Å². The van der Waals surface area contributed by atoms with Gasteiger partial charge in [-0.05, 0) is 24.6 Å². The molecule has 4 nitrogen and oxygen atoms in total. The lowest BCUT2D eigenvalue weighted by atomic mass is 9.98. The van der Waals surface area contributed by atoms with Crippen molar-refractivity contribution in [3.8, 4) is 6.07 Å². The molecule has 2 unspecified atom stereocenters. The maximum Gasteiger partial charge on any atom is 0.416 e. The lowest BCUT2D eigenvalue weighted by Gasteiger charge is -2.39. The van der Waals surface area contributed by atoms with Crippen molar-refractivity contribution in [1.29, 1.82) is 5.26 Å². The van der Waals surface area contributed by atoms with E-state index in [0.717, 1.165) is 32.2 Å². The molecule has 0 aliphatic carbocycles. The van der Waals surface area contributed by atoms with Gasteiger partial charge in [-0.1, -0.05) is 6.07 Å². The first kappa shape index (κ1) is 16.1. The molecule has 2 atom stereocenters. The van der Waals surface area contributed by atoms with E-state index >= 15 is 0 Å². The minimum atomic E-state index is -4.37. The lowest BCUT2D eigenvalue weighted by Crippen LogP contribution is -2.55. The SMILES string of the molecule is CCN1c2cc(C(F)(F)F)ccc2C(C#N)C1N1CCNCC1. The lowest BCUT2D eigenvalue weighted by molar-refractivity contribution is -0.137. The summed E-state index contributed by atoms with van der Waals surface area (Å²) in [7, 11) is 0. The Morgan fingerprint density at radius 3 is 2.57 bits per heavy atom. The molecule has 0 radical (unpaired) electrons. The molecule has 1 aromatic carbocycles. The molecule has 1 fully saturated rings. The Morgan fingerprint density at radius 2 is 2.00 bits per heavy atom. The normalized spacial score (nSPS) is 25.3. The van der Waals surface area contributed by atoms with E-state index in [9.17, 15) is 18.4 Å². The van der Waals surface area contributed by atoms with Gasteiger partial charge in [0.15, 0.2) is 0 Å². The van der Waals surface area contributed by atoms with Crippen molar-refractivity contribution >= 4 is 5.69 Å². The van der Waals surface area contributed by atoms with Crippen LogP contribution in [-0.4, -0.2) is 43.8 Å². The predicted molar refractivity (Wildman–Crippen MR) is 81.0 cm³/mol. The van der Waals surface area contributed by atoms with Gasteiger partial charge in [-0.15, -0.1) is 0 Å². The highest BCUT2D eigenvalue weighted by Gasteiger charge is 2.43. The fraction of sp³-hybridized carbons (Fsp3) is 0.562. The molecule has 1 saturated heterocycles. The number of nitriles is 1. The summed E-state index contributed by atoms with van der Waals surface area (Å²) in [6.45, 7) is 5.73. The summed E-state index contributed by atoms with van der Waals surface area (Å²) < 4.78 is 39.0. The summed E-state index contributed by atoms with van der Waals surface area (Å²) in [5.74, 6) is -0.426. The average molecular weight is 324 g/mol. The number of nitrogens with zero attached hydrogens (tertiary/aromatic N) is 3. The molecule has 1 aromatic rings. The van der Waals surface area contributed by atoms with Crippen LogP contribution < -0.4 is 10.2 Å². The number of halogens is 3. The second-order valence-electron chi connectivity index (χ2n) is 5.86. The van der Waals surface area contributed by atoms with E-state index in [2.05, 4.69) is 16.3 Å². The molecule has 0 bridgehead atoms. The third-order valence-electron chi connectivity index (χ3n) is 4.63. The maximum atomic E-state index is 13.0. The van der Waals surface area contributed by atoms with Gasteiger partial charge in [0.2, 0.25) is 0 Å². The second-order valence-corrected chi connectivity index (χ2v) is 5.86. The number of benzene rings is 1. The van der Waals surface area contributed by atoms with Gasteiger partial charge in [-0.25, -0.2) is 0 Å². The molecule has 0 aromatic heterocycles. The molecule has 124 valence electrons. The minimum Gasteiger partial charge on any atom is -0.354 e. The number of piperazine rings is 1. The van der Waals surface area contributed by atoms with Crippen LogP contribution in [0.3, 0.4) is 0 Å². The summed E-state index contributed by atoms with van der Waals surface area (Å²) >= 11 is 0. The minimum absolute atomic E-state index is 0.189. The van der Waals surface area contributed by atoms with E-state index in [4.69, 9.17) is 0 Å². The molecule has 0 saturated carbocycles. The molecule has 2 aliphatic heterocycles. The fourth-order valence-electron chi connectivity index (χ4n) is 3.56. The van der Waals surface area contributed by atoms with E-state index in [0.29, 0.717) is 17.8 Å². The molecular formula is C16H19F3N4. The van der Waals surface area contributed by atoms with Gasteiger partial charge in [0.1, 0.15) is 12.1 Å². The number of anilines is 1. The zero-order chi connectivity index (χ0) is 16.6. The monoisotopic (exact) mass is 324 g/mol. The zero-order valence-corrected chi connectivity index (χ0v) is 12.9. The molecule has 0 spiro atoms. The molecule has 0 amide bonds. The molecule has 7 heteroatoms. The first-order valence-corrected chi connectivity index (χ1v) is 7.79. The molecule has 1 N–H and O–H groups in total. The largest absolute Gasteiger partial charge is 0.416 e. The van der Waals surface area contributed by atoms with Crippen LogP contribution in [0.5, 0.6) is 0 Å². The Morgan fingerprint density at radius 1 is 1.30 bits per heavy atom. The number of hydrogen-bond acceptors (Lipinski definition) is 4. The van der Waals surface area contributed by atoms with Gasteiger partial charge < -0.3 is 10.2 Å². The Kier molecular flexibility index (Phi) is 4.21. The highest BCUT2D eigenvalue weighted by atomic mass is 19.4. The number of alkyl halides is 3. The van der Waals surface area contributed by atoms with Crippen LogP contribution >= 0.6 is 0 Å². The van der Waals surface area contributed by atoms with Gasteiger partial charge in [0, 0.05) is 38.4 Å². The van der Waals surface area contributed by atoms with Crippen LogP contribution in [0.1, 0.15) is 24.0 Å². The van der Waals surface area contributed by atoms with Gasteiger partial charge in [-0.3, -0.25) is 4.90 Å². The van der Waals surface area contributed by atoms with Gasteiger partial charge in [0.25, 0.3) is 0 Å². The summed E-state index contributed by atoms with van der Waals surface area (Å²) in [6, 6.07) is 6.04. The summed E-state index contributed by atoms with van der Waals surface area (Å²) in [6.07, 6.45) is -4.56. The smallest absolute Gasteiger partial charge is 0.354 e. The third-order valence-corrected chi connectivity index (χ3v) is 4.63. The Hall–Kier alpha value is -1.78. The van der Waals surface area contributed by atoms with Crippen LogP contribution in [0.4, 0.5) is 18.9 Å². The Bertz CT molecular complexity index is 617. The summed E-state index contributed by atoms with van der Waals surface area (Å²) in [4.78, 5) is 4.13. The molecule has 2 aliphatic rings. The van der Waals surface area contributed by atoms with Crippen molar-refractivity contribution in [3.63, 3.8) is 0 Å². The van der Waals surface area contributed by atoms with E-state index in [1.54, 1.807) is 0 Å². The number of fused-ring (bicyclic) bond motifs is 1. The van der Waals surface area contributed by atoms with Crippen molar-refractivity contribution in [2.45, 2.75) is 25.2 Å². The van der Waals surface area contributed by atoms with Crippen LogP contribution in [0.15, 0.2) is 18.2 Å². The predicted octanol–water partition coefficient (Wildman–Crippen LogP) is 2.38. The third kappa shape index (κ3) is 2.77. The van der Waals surface area contributed by atoms with E-state index in [1.165, 1.54) is 12.1 Å². The zero-order valence-electron chi connectivity index (χ0n) is 12.9. The number of rotatable bonds is 2. The summed E-state index contributed by atoms with van der Waals surface area (Å²) in [5, 5.41) is 12.9. The quantitative estimate of drug-likeness (QED) is 0.907. The molecular weight excluding hydrogens is 305 g/mol. The number of likely N-dealkylation sites (N-methyl/N-ethyl adjacent to an activating group) is 1. The van der Waals surface area contributed by atoms with Crippen LogP contribution in [0, 0.1) is 11.3 Å². The van der Waals surface area contributed by atoms with Crippen molar-refractivity contribution in [1.82, 2.24) is 10.2 Å². The van der Waals surface area contributed by atoms with Crippen LogP contribution in [0.2, 0.25) is 0 Å². The molecule has 23 heavy (non-hydrogen) atoms. The van der Waals surface area contributed by atoms with Crippen molar-refractivity contribution < 1.29 is 13.2 Å². The highest BCUT2D eigenvalue weighted by Crippen LogP contribution is 2.44. The standard InChI is InChI=1S/C16H19F3N4/c1-2-23-14-9-11(16(17,18)19)3-4-12(14)13(10-20)15(23)22-7-5-21-6-8-22/h3-4,9,13,15,21H,2,5-8H2,1H3.